The molecule has 0 atom stereocenters. The van der Waals surface area contributed by atoms with Gasteiger partial charge in [0.15, 0.2) is 0 Å². The van der Waals surface area contributed by atoms with Crippen LogP contribution in [0.2, 0.25) is 0 Å². The van der Waals surface area contributed by atoms with Crippen LogP contribution in [0.25, 0.3) is 0 Å². The molecule has 0 radical (unpaired) electrons. The van der Waals surface area contributed by atoms with Gasteiger partial charge in [0, 0.05) is 37.9 Å². The van der Waals surface area contributed by atoms with Gasteiger partial charge in [-0.3, -0.25) is 0 Å². The second-order valence-electron chi connectivity index (χ2n) is 4.91. The Morgan fingerprint density at radius 2 is 1.09 bits per heavy atom. The predicted molar refractivity (Wildman–Crippen MR) is 87.0 cm³/mol. The van der Waals surface area contributed by atoms with Gasteiger partial charge in [0.2, 0.25) is 0 Å². The third-order valence-electron chi connectivity index (χ3n) is 3.32. The summed E-state index contributed by atoms with van der Waals surface area (Å²) in [4.78, 5) is 24.4. The van der Waals surface area contributed by atoms with Crippen LogP contribution in [0.3, 0.4) is 0 Å². The van der Waals surface area contributed by atoms with Crippen molar-refractivity contribution in [3.8, 4) is 0 Å². The van der Waals surface area contributed by atoms with Crippen molar-refractivity contribution in [1.29, 1.82) is 0 Å². The molecule has 0 fully saturated rings. The summed E-state index contributed by atoms with van der Waals surface area (Å²) in [6.07, 6.45) is 19.9. The molecule has 2 heterocycles. The Morgan fingerprint density at radius 3 is 1.41 bits per heavy atom. The minimum absolute atomic E-state index is 0.809. The first-order chi connectivity index (χ1) is 10.8. The Morgan fingerprint density at radius 1 is 0.727 bits per heavy atom. The highest BCUT2D eigenvalue weighted by Crippen LogP contribution is 2.12. The fourth-order valence-electron chi connectivity index (χ4n) is 2.12. The molecule has 0 bridgehead atoms. The molecule has 0 unspecified atom stereocenters. The molecule has 0 saturated carbocycles. The number of rotatable bonds is 7. The Kier molecular flexibility index (Phi) is 6.04. The normalized spacial score (nSPS) is 16.2. The molecule has 0 spiro atoms. The molecule has 0 aliphatic carbocycles. The summed E-state index contributed by atoms with van der Waals surface area (Å²) in [5.41, 5.74) is 1.62. The zero-order valence-electron chi connectivity index (χ0n) is 12.2. The summed E-state index contributed by atoms with van der Waals surface area (Å²) in [5, 5.41) is 5.50. The van der Waals surface area contributed by atoms with Crippen molar-refractivity contribution >= 4 is 0 Å². The van der Waals surface area contributed by atoms with Gasteiger partial charge in [-0.2, -0.15) is 0 Å². The smallest absolute Gasteiger partial charge is 0.0788 e. The van der Waals surface area contributed by atoms with Gasteiger partial charge in [0.25, 0.3) is 0 Å². The zero-order valence-corrected chi connectivity index (χ0v) is 12.2. The summed E-state index contributed by atoms with van der Waals surface area (Å²) in [6.45, 7) is 1.85. The monoisotopic (exact) mass is 298 g/mol. The fraction of sp³-hybridized carbons (Fsp3) is 0.250. The van der Waals surface area contributed by atoms with E-state index >= 15 is 0 Å². The molecule has 0 aromatic heterocycles. The first-order valence-electron chi connectivity index (χ1n) is 7.11. The predicted octanol–water partition coefficient (Wildman–Crippen LogP) is 3.75. The van der Waals surface area contributed by atoms with Gasteiger partial charge < -0.3 is 9.80 Å². The molecule has 2 rings (SSSR count). The fourth-order valence-corrected chi connectivity index (χ4v) is 2.12. The molecule has 0 N–H and O–H groups in total. The average molecular weight is 298 g/mol. The SMILES string of the molecule is O=NC=C1C=CN(CCCCN2C=CC(=CN=O)C=C2)C=C1. The van der Waals surface area contributed by atoms with E-state index in [-0.39, 0.29) is 0 Å². The lowest BCUT2D eigenvalue weighted by Crippen LogP contribution is -2.17. The van der Waals surface area contributed by atoms with E-state index in [2.05, 4.69) is 20.2 Å². The van der Waals surface area contributed by atoms with Gasteiger partial charge >= 0.3 is 0 Å². The van der Waals surface area contributed by atoms with Crippen LogP contribution in [-0.2, 0) is 0 Å². The lowest BCUT2D eigenvalue weighted by atomic mass is 10.2. The third-order valence-corrected chi connectivity index (χ3v) is 3.32. The molecule has 6 heteroatoms. The largest absolute Gasteiger partial charge is 0.354 e. The van der Waals surface area contributed by atoms with Gasteiger partial charge in [-0.15, -0.1) is 9.81 Å². The van der Waals surface area contributed by atoms with Crippen LogP contribution in [0.5, 0.6) is 0 Å². The molecule has 114 valence electrons. The molecule has 0 aromatic rings. The molecule has 0 aromatic carbocycles. The maximum atomic E-state index is 10.1. The number of hydrogen-bond donors (Lipinski definition) is 0. The van der Waals surface area contributed by atoms with E-state index in [9.17, 15) is 9.81 Å². The van der Waals surface area contributed by atoms with E-state index in [0.29, 0.717) is 0 Å². The topological polar surface area (TPSA) is 65.3 Å². The Labute approximate surface area is 129 Å². The highest BCUT2D eigenvalue weighted by Gasteiger charge is 2.03. The van der Waals surface area contributed by atoms with Gasteiger partial charge in [-0.1, -0.05) is 0 Å². The van der Waals surface area contributed by atoms with Crippen molar-refractivity contribution in [2.75, 3.05) is 13.1 Å². The average Bonchev–Trinajstić information content (AvgIpc) is 2.55. The number of nitrogens with zero attached hydrogens (tertiary/aromatic N) is 4. The van der Waals surface area contributed by atoms with Crippen molar-refractivity contribution in [2.24, 2.45) is 10.4 Å². The Hall–Kier alpha value is -2.76. The maximum Gasteiger partial charge on any atom is 0.0788 e. The first kappa shape index (κ1) is 15.6. The third kappa shape index (κ3) is 4.97. The van der Waals surface area contributed by atoms with Crippen LogP contribution < -0.4 is 0 Å². The molecular formula is C16H18N4O2. The minimum atomic E-state index is 0.809. The van der Waals surface area contributed by atoms with E-state index in [4.69, 9.17) is 0 Å². The van der Waals surface area contributed by atoms with Crippen LogP contribution in [0.15, 0.2) is 83.0 Å². The van der Waals surface area contributed by atoms with Gasteiger partial charge in [-0.25, -0.2) is 0 Å². The van der Waals surface area contributed by atoms with E-state index in [0.717, 1.165) is 37.1 Å². The summed E-state index contributed by atoms with van der Waals surface area (Å²) >= 11 is 0. The molecule has 0 saturated heterocycles. The number of unbranched alkanes of at least 4 members (excludes halogenated alkanes) is 1. The van der Waals surface area contributed by atoms with Gasteiger partial charge in [0.05, 0.1) is 12.4 Å². The Bertz CT molecular complexity index is 501. The van der Waals surface area contributed by atoms with Crippen LogP contribution in [0.1, 0.15) is 12.8 Å². The number of hydrogen-bond acceptors (Lipinski definition) is 6. The summed E-state index contributed by atoms with van der Waals surface area (Å²) in [6, 6.07) is 0. The Balaban J connectivity index is 1.65. The van der Waals surface area contributed by atoms with Crippen molar-refractivity contribution in [3.05, 3.63) is 82.5 Å². The highest BCUT2D eigenvalue weighted by atomic mass is 16.3. The summed E-state index contributed by atoms with van der Waals surface area (Å²) in [5.74, 6) is 0. The lowest BCUT2D eigenvalue weighted by Gasteiger charge is -2.21. The van der Waals surface area contributed by atoms with E-state index in [1.807, 2.05) is 49.1 Å². The lowest BCUT2D eigenvalue weighted by molar-refractivity contribution is 0.428. The van der Waals surface area contributed by atoms with Crippen molar-refractivity contribution < 1.29 is 0 Å². The van der Waals surface area contributed by atoms with E-state index in [1.54, 1.807) is 0 Å². The van der Waals surface area contributed by atoms with Gasteiger partial charge in [0.1, 0.15) is 0 Å². The van der Waals surface area contributed by atoms with E-state index in [1.165, 1.54) is 12.4 Å². The summed E-state index contributed by atoms with van der Waals surface area (Å²) in [7, 11) is 0. The number of allylic oxidation sites excluding steroid dienone is 6. The minimum Gasteiger partial charge on any atom is -0.354 e. The first-order valence-corrected chi connectivity index (χ1v) is 7.11. The molecular weight excluding hydrogens is 280 g/mol. The van der Waals surface area contributed by atoms with Crippen LogP contribution in [-0.4, -0.2) is 22.9 Å². The summed E-state index contributed by atoms with van der Waals surface area (Å²) < 4.78 is 0. The molecule has 22 heavy (non-hydrogen) atoms. The molecule has 2 aliphatic rings. The van der Waals surface area contributed by atoms with Crippen molar-refractivity contribution in [1.82, 2.24) is 9.80 Å². The second-order valence-corrected chi connectivity index (χ2v) is 4.91. The quantitative estimate of drug-likeness (QED) is 0.530. The maximum absolute atomic E-state index is 10.1. The van der Waals surface area contributed by atoms with Crippen LogP contribution in [0, 0.1) is 9.81 Å². The molecule has 2 aliphatic heterocycles. The van der Waals surface area contributed by atoms with Crippen molar-refractivity contribution in [3.63, 3.8) is 0 Å². The highest BCUT2D eigenvalue weighted by molar-refractivity contribution is 5.33. The van der Waals surface area contributed by atoms with Crippen molar-refractivity contribution in [2.45, 2.75) is 12.8 Å². The second kappa shape index (κ2) is 8.51. The zero-order chi connectivity index (χ0) is 15.6. The molecule has 0 amide bonds. The standard InChI is InChI=1S/C16H18N4O2/c21-17-13-15-3-9-19(10-4-15)7-1-2-8-20-11-5-16(6-12-20)14-18-22/h3-6,9-14H,1-2,7-8H2. The van der Waals surface area contributed by atoms with E-state index < -0.39 is 0 Å². The van der Waals surface area contributed by atoms with Gasteiger partial charge in [-0.05, 0) is 58.6 Å². The van der Waals surface area contributed by atoms with Crippen LogP contribution >= 0.6 is 0 Å². The number of nitroso groups, excluding NO2 is 2. The molecule has 6 nitrogen and oxygen atoms in total. The van der Waals surface area contributed by atoms with Crippen LogP contribution in [0.4, 0.5) is 0 Å².